The molecule has 58 valence electrons. The average molecular weight is 152 g/mol. The average Bonchev–Trinajstić information content (AvgIpc) is 2.33. The first-order valence-corrected chi connectivity index (χ1v) is 3.69. The molecule has 1 nitrogen and oxygen atoms in total. The molecule has 1 heterocycles. The lowest BCUT2D eigenvalue weighted by atomic mass is 10.0. The number of benzene rings is 1. The highest BCUT2D eigenvalue weighted by atomic mass is 19.1. The van der Waals surface area contributed by atoms with Crippen molar-refractivity contribution in [3.63, 3.8) is 0 Å². The van der Waals surface area contributed by atoms with Crippen LogP contribution in [0.1, 0.15) is 18.4 Å². The molecular formula is C9H9FO. The minimum absolute atomic E-state index is 0.180. The van der Waals surface area contributed by atoms with E-state index >= 15 is 0 Å². The Kier molecular flexibility index (Phi) is 1.34. The van der Waals surface area contributed by atoms with Crippen molar-refractivity contribution in [2.45, 2.75) is 12.8 Å². The smallest absolute Gasteiger partial charge is 0.123 e. The van der Waals surface area contributed by atoms with Gasteiger partial charge >= 0.3 is 0 Å². The predicted octanol–water partition coefficient (Wildman–Crippen LogP) is 2.32. The quantitative estimate of drug-likeness (QED) is 0.554. The molecule has 0 fully saturated rings. The van der Waals surface area contributed by atoms with E-state index in [-0.39, 0.29) is 5.82 Å². The topological polar surface area (TPSA) is 9.23 Å². The Balaban J connectivity index is 2.52. The highest BCUT2D eigenvalue weighted by molar-refractivity contribution is 5.39. The van der Waals surface area contributed by atoms with Crippen LogP contribution >= 0.6 is 0 Å². The van der Waals surface area contributed by atoms with Crippen LogP contribution in [0.2, 0.25) is 0 Å². The number of hydrogen-bond acceptors (Lipinski definition) is 1. The summed E-state index contributed by atoms with van der Waals surface area (Å²) in [5.74, 6) is 0.987. The van der Waals surface area contributed by atoms with Crippen LogP contribution in [-0.4, -0.2) is 6.61 Å². The zero-order valence-corrected chi connectivity index (χ0v) is 6.30. The van der Waals surface area contributed by atoms with E-state index in [0.29, 0.717) is 12.5 Å². The minimum Gasteiger partial charge on any atom is -0.493 e. The normalized spacial score (nSPS) is 21.1. The standard InChI is InChI=1S/C9H9FO/c1-6-5-11-9-3-2-7(10)4-8(6)9/h2-4,6H,5H2,1H3. The summed E-state index contributed by atoms with van der Waals surface area (Å²) in [4.78, 5) is 0. The van der Waals surface area contributed by atoms with Crippen molar-refractivity contribution in [2.24, 2.45) is 0 Å². The molecule has 2 heteroatoms. The van der Waals surface area contributed by atoms with Gasteiger partial charge in [0, 0.05) is 11.5 Å². The van der Waals surface area contributed by atoms with E-state index in [9.17, 15) is 4.39 Å². The first kappa shape index (κ1) is 6.65. The zero-order chi connectivity index (χ0) is 7.84. The summed E-state index contributed by atoms with van der Waals surface area (Å²) >= 11 is 0. The van der Waals surface area contributed by atoms with Gasteiger partial charge in [0.15, 0.2) is 0 Å². The SMILES string of the molecule is CC1COc2ccc(F)cc21. The van der Waals surface area contributed by atoms with Crippen molar-refractivity contribution in [3.8, 4) is 5.75 Å². The fourth-order valence-corrected chi connectivity index (χ4v) is 1.34. The van der Waals surface area contributed by atoms with Gasteiger partial charge in [0.2, 0.25) is 0 Å². The first-order valence-electron chi connectivity index (χ1n) is 3.69. The Morgan fingerprint density at radius 2 is 2.36 bits per heavy atom. The van der Waals surface area contributed by atoms with Crippen molar-refractivity contribution in [2.75, 3.05) is 6.61 Å². The lowest BCUT2D eigenvalue weighted by Crippen LogP contribution is -1.93. The molecule has 1 atom stereocenters. The molecule has 0 aliphatic carbocycles. The van der Waals surface area contributed by atoms with E-state index < -0.39 is 0 Å². The van der Waals surface area contributed by atoms with Gasteiger partial charge in [-0.1, -0.05) is 6.92 Å². The van der Waals surface area contributed by atoms with Gasteiger partial charge in [-0.15, -0.1) is 0 Å². The molecule has 0 saturated heterocycles. The molecule has 0 saturated carbocycles. The van der Waals surface area contributed by atoms with Crippen LogP contribution in [0.5, 0.6) is 5.75 Å². The number of ether oxygens (including phenoxy) is 1. The monoisotopic (exact) mass is 152 g/mol. The van der Waals surface area contributed by atoms with Crippen molar-refractivity contribution in [3.05, 3.63) is 29.6 Å². The van der Waals surface area contributed by atoms with E-state index in [2.05, 4.69) is 0 Å². The van der Waals surface area contributed by atoms with E-state index in [0.717, 1.165) is 11.3 Å². The Bertz CT molecular complexity index is 283. The van der Waals surface area contributed by atoms with Crippen LogP contribution in [0.3, 0.4) is 0 Å². The summed E-state index contributed by atoms with van der Waals surface area (Å²) in [6.07, 6.45) is 0. The summed E-state index contributed by atoms with van der Waals surface area (Å²) in [5.41, 5.74) is 0.991. The van der Waals surface area contributed by atoms with Crippen LogP contribution in [0.15, 0.2) is 18.2 Å². The number of halogens is 1. The van der Waals surface area contributed by atoms with E-state index in [4.69, 9.17) is 4.74 Å². The van der Waals surface area contributed by atoms with E-state index in [1.807, 2.05) is 6.92 Å². The van der Waals surface area contributed by atoms with E-state index in [1.165, 1.54) is 6.07 Å². The van der Waals surface area contributed by atoms with Gasteiger partial charge in [-0.05, 0) is 18.2 Å². The molecule has 0 bridgehead atoms. The summed E-state index contributed by atoms with van der Waals surface area (Å²) in [6.45, 7) is 2.71. The third-order valence-corrected chi connectivity index (χ3v) is 1.99. The molecule has 2 rings (SSSR count). The van der Waals surface area contributed by atoms with Gasteiger partial charge in [-0.2, -0.15) is 0 Å². The molecular weight excluding hydrogens is 143 g/mol. The summed E-state index contributed by atoms with van der Waals surface area (Å²) < 4.78 is 18.0. The van der Waals surface area contributed by atoms with Crippen LogP contribution in [0, 0.1) is 5.82 Å². The highest BCUT2D eigenvalue weighted by Crippen LogP contribution is 2.33. The van der Waals surface area contributed by atoms with E-state index in [1.54, 1.807) is 12.1 Å². The fraction of sp³-hybridized carbons (Fsp3) is 0.333. The molecule has 11 heavy (non-hydrogen) atoms. The molecule has 0 amide bonds. The van der Waals surface area contributed by atoms with Gasteiger partial charge in [-0.25, -0.2) is 4.39 Å². The third-order valence-electron chi connectivity index (χ3n) is 1.99. The maximum absolute atomic E-state index is 12.7. The van der Waals surface area contributed by atoms with Crippen molar-refractivity contribution in [1.82, 2.24) is 0 Å². The lowest BCUT2D eigenvalue weighted by molar-refractivity contribution is 0.337. The van der Waals surface area contributed by atoms with Crippen LogP contribution in [0.4, 0.5) is 4.39 Å². The fourth-order valence-electron chi connectivity index (χ4n) is 1.34. The molecule has 0 radical (unpaired) electrons. The summed E-state index contributed by atoms with van der Waals surface area (Å²) in [7, 11) is 0. The molecule has 0 spiro atoms. The van der Waals surface area contributed by atoms with Crippen molar-refractivity contribution >= 4 is 0 Å². The second-order valence-corrected chi connectivity index (χ2v) is 2.89. The Morgan fingerprint density at radius 1 is 1.55 bits per heavy atom. The zero-order valence-electron chi connectivity index (χ0n) is 6.30. The molecule has 1 aliphatic rings. The number of fused-ring (bicyclic) bond motifs is 1. The molecule has 0 aromatic heterocycles. The lowest BCUT2D eigenvalue weighted by Gasteiger charge is -1.98. The number of hydrogen-bond donors (Lipinski definition) is 0. The maximum Gasteiger partial charge on any atom is 0.123 e. The Labute approximate surface area is 64.8 Å². The maximum atomic E-state index is 12.7. The molecule has 1 aliphatic heterocycles. The molecule has 0 N–H and O–H groups in total. The second kappa shape index (κ2) is 2.22. The van der Waals surface area contributed by atoms with Crippen LogP contribution in [-0.2, 0) is 0 Å². The molecule has 1 aromatic carbocycles. The number of rotatable bonds is 0. The first-order chi connectivity index (χ1) is 5.27. The van der Waals surface area contributed by atoms with Crippen LogP contribution in [0.25, 0.3) is 0 Å². The predicted molar refractivity (Wildman–Crippen MR) is 40.3 cm³/mol. The second-order valence-electron chi connectivity index (χ2n) is 2.89. The van der Waals surface area contributed by atoms with Gasteiger partial charge in [0.05, 0.1) is 6.61 Å². The van der Waals surface area contributed by atoms with Gasteiger partial charge in [-0.3, -0.25) is 0 Å². The molecule has 1 unspecified atom stereocenters. The van der Waals surface area contributed by atoms with Crippen LogP contribution < -0.4 is 4.74 Å². The van der Waals surface area contributed by atoms with Gasteiger partial charge < -0.3 is 4.74 Å². The van der Waals surface area contributed by atoms with Crippen molar-refractivity contribution < 1.29 is 9.13 Å². The largest absolute Gasteiger partial charge is 0.493 e. The molecule has 1 aromatic rings. The third kappa shape index (κ3) is 0.985. The minimum atomic E-state index is -0.180. The Hall–Kier alpha value is -1.05. The van der Waals surface area contributed by atoms with Crippen molar-refractivity contribution in [1.29, 1.82) is 0 Å². The van der Waals surface area contributed by atoms with Gasteiger partial charge in [0.1, 0.15) is 11.6 Å². The highest BCUT2D eigenvalue weighted by Gasteiger charge is 2.19. The Morgan fingerprint density at radius 3 is 3.18 bits per heavy atom. The van der Waals surface area contributed by atoms with Gasteiger partial charge in [0.25, 0.3) is 0 Å². The summed E-state index contributed by atoms with van der Waals surface area (Å²) in [5, 5.41) is 0. The summed E-state index contributed by atoms with van der Waals surface area (Å²) in [6, 6.07) is 4.66.